The van der Waals surface area contributed by atoms with Crippen LogP contribution in [-0.4, -0.2) is 36.0 Å². The van der Waals surface area contributed by atoms with E-state index in [1.807, 2.05) is 0 Å². The number of aryl methyl sites for hydroxylation is 1. The minimum absolute atomic E-state index is 0.0387. The third kappa shape index (κ3) is 4.33. The van der Waals surface area contributed by atoms with E-state index in [9.17, 15) is 18.4 Å². The lowest BCUT2D eigenvalue weighted by atomic mass is 9.85. The van der Waals surface area contributed by atoms with Gasteiger partial charge >= 0.3 is 6.03 Å². The van der Waals surface area contributed by atoms with E-state index in [1.54, 1.807) is 13.0 Å². The molecule has 2 heterocycles. The van der Waals surface area contributed by atoms with Gasteiger partial charge < -0.3 is 15.4 Å². The average Bonchev–Trinajstić information content (AvgIpc) is 3.01. The summed E-state index contributed by atoms with van der Waals surface area (Å²) < 4.78 is 37.9. The number of piperidine rings is 1. The Bertz CT molecular complexity index is 851. The standard InChI is InChI=1S/C17H18F2N4O3S/c1-8-3-15(27-23-8)22-17(25)21-13-7-20-14(24)6-10(13)16-11(18)4-9(26-2)5-12(16)19/h3-5,10,13H,6-7H2,1-2H3,(H,20,24)(H2,21,22,25)/t10-,13-/m1/s1. The number of carbonyl (C=O) groups is 2. The molecule has 1 aromatic carbocycles. The topological polar surface area (TPSA) is 92.4 Å². The number of anilines is 1. The molecular formula is C17H18F2N4O3S. The van der Waals surface area contributed by atoms with Crippen molar-refractivity contribution in [2.45, 2.75) is 25.3 Å². The molecule has 0 radical (unpaired) electrons. The number of carbonyl (C=O) groups excluding carboxylic acids is 2. The molecule has 7 nitrogen and oxygen atoms in total. The lowest BCUT2D eigenvalue weighted by Crippen LogP contribution is -2.53. The Balaban J connectivity index is 1.81. The molecule has 3 rings (SSSR count). The number of halogens is 2. The van der Waals surface area contributed by atoms with Gasteiger partial charge in [-0.1, -0.05) is 0 Å². The summed E-state index contributed by atoms with van der Waals surface area (Å²) in [6.07, 6.45) is -0.148. The number of ether oxygens (including phenoxy) is 1. The third-order valence-corrected chi connectivity index (χ3v) is 5.05. The van der Waals surface area contributed by atoms with Gasteiger partial charge in [-0.3, -0.25) is 10.1 Å². The van der Waals surface area contributed by atoms with Gasteiger partial charge in [-0.25, -0.2) is 13.6 Å². The maximum atomic E-state index is 14.5. The van der Waals surface area contributed by atoms with Crippen LogP contribution in [0.1, 0.15) is 23.6 Å². The minimum Gasteiger partial charge on any atom is -0.497 e. The lowest BCUT2D eigenvalue weighted by Gasteiger charge is -2.32. The molecule has 0 unspecified atom stereocenters. The molecule has 10 heteroatoms. The van der Waals surface area contributed by atoms with Crippen molar-refractivity contribution in [1.82, 2.24) is 15.0 Å². The molecule has 0 saturated carbocycles. The van der Waals surface area contributed by atoms with E-state index in [0.717, 1.165) is 29.4 Å². The van der Waals surface area contributed by atoms with Gasteiger partial charge in [0.15, 0.2) is 0 Å². The fourth-order valence-electron chi connectivity index (χ4n) is 3.01. The maximum absolute atomic E-state index is 14.5. The maximum Gasteiger partial charge on any atom is 0.320 e. The van der Waals surface area contributed by atoms with Crippen LogP contribution in [0.4, 0.5) is 18.6 Å². The third-order valence-electron chi connectivity index (χ3n) is 4.25. The highest BCUT2D eigenvalue weighted by atomic mass is 32.1. The molecule has 1 aliphatic rings. The number of amides is 3. The van der Waals surface area contributed by atoms with Crippen LogP contribution in [0.2, 0.25) is 0 Å². The zero-order chi connectivity index (χ0) is 19.6. The Labute approximate surface area is 158 Å². The number of hydrogen-bond acceptors (Lipinski definition) is 5. The van der Waals surface area contributed by atoms with Gasteiger partial charge in [-0.05, 0) is 24.5 Å². The molecular weight excluding hydrogens is 378 g/mol. The first-order chi connectivity index (χ1) is 12.9. The Morgan fingerprint density at radius 2 is 2.04 bits per heavy atom. The number of benzene rings is 1. The molecule has 0 aliphatic carbocycles. The Kier molecular flexibility index (Phi) is 5.54. The Morgan fingerprint density at radius 3 is 2.63 bits per heavy atom. The second-order valence-electron chi connectivity index (χ2n) is 6.16. The predicted octanol–water partition coefficient (Wildman–Crippen LogP) is 2.53. The molecule has 1 aromatic heterocycles. The van der Waals surface area contributed by atoms with Crippen LogP contribution in [-0.2, 0) is 4.79 Å². The van der Waals surface area contributed by atoms with Gasteiger partial charge in [0.2, 0.25) is 5.91 Å². The SMILES string of the molecule is COc1cc(F)c([C@@H]2CC(=O)NC[C@H]2NC(=O)Nc2cc(C)ns2)c(F)c1. The van der Waals surface area contributed by atoms with Crippen LogP contribution in [0, 0.1) is 18.6 Å². The summed E-state index contributed by atoms with van der Waals surface area (Å²) in [4.78, 5) is 24.1. The molecule has 3 N–H and O–H groups in total. The van der Waals surface area contributed by atoms with E-state index in [1.165, 1.54) is 7.11 Å². The number of nitrogens with one attached hydrogen (secondary N) is 3. The smallest absolute Gasteiger partial charge is 0.320 e. The van der Waals surface area contributed by atoms with E-state index in [-0.39, 0.29) is 30.2 Å². The van der Waals surface area contributed by atoms with Crippen molar-refractivity contribution in [3.63, 3.8) is 0 Å². The summed E-state index contributed by atoms with van der Waals surface area (Å²) in [7, 11) is 1.30. The highest BCUT2D eigenvalue weighted by Gasteiger charge is 2.35. The largest absolute Gasteiger partial charge is 0.497 e. The van der Waals surface area contributed by atoms with Crippen LogP contribution in [0.15, 0.2) is 18.2 Å². The summed E-state index contributed by atoms with van der Waals surface area (Å²) in [5.74, 6) is -2.80. The van der Waals surface area contributed by atoms with Crippen LogP contribution < -0.4 is 20.7 Å². The van der Waals surface area contributed by atoms with Gasteiger partial charge in [0.25, 0.3) is 0 Å². The van der Waals surface area contributed by atoms with Gasteiger partial charge in [0.05, 0.1) is 18.8 Å². The first-order valence-electron chi connectivity index (χ1n) is 8.18. The van der Waals surface area contributed by atoms with Crippen molar-refractivity contribution in [3.05, 3.63) is 41.1 Å². The van der Waals surface area contributed by atoms with Crippen molar-refractivity contribution >= 4 is 28.5 Å². The summed E-state index contributed by atoms with van der Waals surface area (Å²) in [6.45, 7) is 1.85. The van der Waals surface area contributed by atoms with Gasteiger partial charge in [0.1, 0.15) is 22.4 Å². The van der Waals surface area contributed by atoms with Crippen LogP contribution >= 0.6 is 11.5 Å². The zero-order valence-corrected chi connectivity index (χ0v) is 15.5. The van der Waals surface area contributed by atoms with Gasteiger partial charge in [0, 0.05) is 36.6 Å². The number of urea groups is 1. The van der Waals surface area contributed by atoms with Crippen LogP contribution in [0.3, 0.4) is 0 Å². The second kappa shape index (κ2) is 7.87. The van der Waals surface area contributed by atoms with Crippen molar-refractivity contribution in [2.24, 2.45) is 0 Å². The molecule has 1 saturated heterocycles. The summed E-state index contributed by atoms with van der Waals surface area (Å²) >= 11 is 1.12. The highest BCUT2D eigenvalue weighted by Crippen LogP contribution is 2.33. The quantitative estimate of drug-likeness (QED) is 0.741. The van der Waals surface area contributed by atoms with E-state index >= 15 is 0 Å². The molecule has 3 amide bonds. The lowest BCUT2D eigenvalue weighted by molar-refractivity contribution is -0.123. The zero-order valence-electron chi connectivity index (χ0n) is 14.6. The van der Waals surface area contributed by atoms with Crippen molar-refractivity contribution in [1.29, 1.82) is 0 Å². The molecule has 1 fully saturated rings. The van der Waals surface area contributed by atoms with Crippen molar-refractivity contribution in [3.8, 4) is 5.75 Å². The minimum atomic E-state index is -0.849. The fourth-order valence-corrected chi connectivity index (χ4v) is 3.66. The molecule has 2 atom stereocenters. The van der Waals surface area contributed by atoms with Gasteiger partial charge in [-0.15, -0.1) is 0 Å². The molecule has 0 spiro atoms. The van der Waals surface area contributed by atoms with Crippen LogP contribution in [0.25, 0.3) is 0 Å². The number of rotatable bonds is 4. The highest BCUT2D eigenvalue weighted by molar-refractivity contribution is 7.10. The van der Waals surface area contributed by atoms with E-state index in [4.69, 9.17) is 4.74 Å². The Hall–Kier alpha value is -2.75. The van der Waals surface area contributed by atoms with Crippen molar-refractivity contribution in [2.75, 3.05) is 19.0 Å². The molecule has 0 bridgehead atoms. The van der Waals surface area contributed by atoms with Gasteiger partial charge in [-0.2, -0.15) is 4.37 Å². The fraction of sp³-hybridized carbons (Fsp3) is 0.353. The Morgan fingerprint density at radius 1 is 1.33 bits per heavy atom. The average molecular weight is 396 g/mol. The molecule has 2 aromatic rings. The number of methoxy groups -OCH3 is 1. The number of hydrogen-bond donors (Lipinski definition) is 3. The molecule has 1 aliphatic heterocycles. The monoisotopic (exact) mass is 396 g/mol. The van der Waals surface area contributed by atoms with E-state index in [0.29, 0.717) is 5.00 Å². The summed E-state index contributed by atoms with van der Waals surface area (Å²) in [5.41, 5.74) is 0.519. The number of nitrogens with zero attached hydrogens (tertiary/aromatic N) is 1. The second-order valence-corrected chi connectivity index (χ2v) is 6.96. The van der Waals surface area contributed by atoms with E-state index in [2.05, 4.69) is 20.3 Å². The molecule has 144 valence electrons. The first kappa shape index (κ1) is 19.0. The predicted molar refractivity (Wildman–Crippen MR) is 96.1 cm³/mol. The molecule has 27 heavy (non-hydrogen) atoms. The van der Waals surface area contributed by atoms with Crippen LogP contribution in [0.5, 0.6) is 5.75 Å². The normalized spacial score (nSPS) is 19.3. The van der Waals surface area contributed by atoms with E-state index < -0.39 is 29.6 Å². The van der Waals surface area contributed by atoms with Crippen molar-refractivity contribution < 1.29 is 23.1 Å². The first-order valence-corrected chi connectivity index (χ1v) is 8.95. The number of aromatic nitrogens is 1. The summed E-state index contributed by atoms with van der Waals surface area (Å²) in [5, 5.41) is 8.46. The summed E-state index contributed by atoms with van der Waals surface area (Å²) in [6, 6.07) is 2.59.